The number of aliphatic hydroxyl groups is 1. The summed E-state index contributed by atoms with van der Waals surface area (Å²) in [6.07, 6.45) is 4.35. The van der Waals surface area contributed by atoms with E-state index in [1.54, 1.807) is 7.11 Å². The Balaban J connectivity index is 2.05. The Hall–Kier alpha value is -0.160. The van der Waals surface area contributed by atoms with E-state index in [-0.39, 0.29) is 6.10 Å². The lowest BCUT2D eigenvalue weighted by atomic mass is 9.93. The Bertz CT molecular complexity index is 178. The van der Waals surface area contributed by atoms with Gasteiger partial charge in [-0.15, -0.1) is 0 Å². The predicted octanol–water partition coefficient (Wildman–Crippen LogP) is 0.458. The van der Waals surface area contributed by atoms with E-state index in [1.165, 1.54) is 12.8 Å². The second-order valence-corrected chi connectivity index (χ2v) is 4.71. The van der Waals surface area contributed by atoms with Crippen molar-refractivity contribution in [3.05, 3.63) is 0 Å². The number of nitrogens with zero attached hydrogens (tertiary/aromatic N) is 1. The van der Waals surface area contributed by atoms with Crippen molar-refractivity contribution in [2.24, 2.45) is 0 Å². The quantitative estimate of drug-likeness (QED) is 0.667. The van der Waals surface area contributed by atoms with Gasteiger partial charge < -0.3 is 20.1 Å². The number of hydrogen-bond donors (Lipinski definition) is 2. The Morgan fingerprint density at radius 2 is 2.06 bits per heavy atom. The van der Waals surface area contributed by atoms with Gasteiger partial charge in [0, 0.05) is 32.8 Å². The first-order chi connectivity index (χ1) is 7.74. The molecule has 0 saturated heterocycles. The number of nitrogens with one attached hydrogen (secondary N) is 1. The molecule has 0 radical (unpaired) electrons. The van der Waals surface area contributed by atoms with Gasteiger partial charge in [-0.2, -0.15) is 0 Å². The molecule has 1 aliphatic carbocycles. The predicted molar refractivity (Wildman–Crippen MR) is 65.6 cm³/mol. The highest BCUT2D eigenvalue weighted by molar-refractivity contribution is 4.80. The summed E-state index contributed by atoms with van der Waals surface area (Å²) < 4.78 is 5.02. The number of ether oxygens (including phenoxy) is 1. The first-order valence-corrected chi connectivity index (χ1v) is 6.33. The molecular formula is C12H26N2O2. The van der Waals surface area contributed by atoms with Crippen LogP contribution in [0.15, 0.2) is 0 Å². The minimum Gasteiger partial charge on any atom is -0.392 e. The monoisotopic (exact) mass is 230 g/mol. The molecule has 0 aromatic carbocycles. The molecule has 96 valence electrons. The van der Waals surface area contributed by atoms with Gasteiger partial charge in [0.15, 0.2) is 0 Å². The Labute approximate surface area is 99.0 Å². The van der Waals surface area contributed by atoms with Gasteiger partial charge in [0.25, 0.3) is 0 Å². The fourth-order valence-corrected chi connectivity index (χ4v) is 2.15. The number of aliphatic hydroxyl groups excluding tert-OH is 1. The molecule has 4 heteroatoms. The molecule has 1 saturated carbocycles. The molecule has 0 spiro atoms. The van der Waals surface area contributed by atoms with Crippen molar-refractivity contribution in [1.82, 2.24) is 10.2 Å². The highest BCUT2D eigenvalue weighted by Gasteiger charge is 2.21. The van der Waals surface area contributed by atoms with Gasteiger partial charge >= 0.3 is 0 Å². The lowest BCUT2D eigenvalue weighted by Gasteiger charge is -2.29. The summed E-state index contributed by atoms with van der Waals surface area (Å²) in [4.78, 5) is 2.24. The number of rotatable bonds is 7. The van der Waals surface area contributed by atoms with Crippen molar-refractivity contribution >= 4 is 0 Å². The lowest BCUT2D eigenvalue weighted by Crippen LogP contribution is -2.44. The fourth-order valence-electron chi connectivity index (χ4n) is 2.15. The van der Waals surface area contributed by atoms with E-state index in [0.717, 1.165) is 39.1 Å². The molecule has 0 bridgehead atoms. The molecule has 2 N–H and O–H groups in total. The van der Waals surface area contributed by atoms with Crippen molar-refractivity contribution in [3.8, 4) is 0 Å². The second kappa shape index (κ2) is 8.01. The molecule has 2 atom stereocenters. The largest absolute Gasteiger partial charge is 0.392 e. The van der Waals surface area contributed by atoms with E-state index in [1.807, 2.05) is 0 Å². The first kappa shape index (κ1) is 13.9. The smallest absolute Gasteiger partial charge is 0.0693 e. The molecule has 0 aromatic rings. The van der Waals surface area contributed by atoms with Crippen LogP contribution >= 0.6 is 0 Å². The van der Waals surface area contributed by atoms with E-state index in [2.05, 4.69) is 17.3 Å². The fraction of sp³-hybridized carbons (Fsp3) is 1.00. The summed E-state index contributed by atoms with van der Waals surface area (Å²) in [7, 11) is 3.82. The molecule has 4 nitrogen and oxygen atoms in total. The Morgan fingerprint density at radius 3 is 2.75 bits per heavy atom. The topological polar surface area (TPSA) is 44.7 Å². The van der Waals surface area contributed by atoms with Crippen molar-refractivity contribution in [2.45, 2.75) is 37.8 Å². The van der Waals surface area contributed by atoms with Crippen LogP contribution in [0, 0.1) is 0 Å². The Morgan fingerprint density at radius 1 is 1.31 bits per heavy atom. The zero-order valence-corrected chi connectivity index (χ0v) is 10.6. The van der Waals surface area contributed by atoms with E-state index in [9.17, 15) is 5.11 Å². The van der Waals surface area contributed by atoms with E-state index in [4.69, 9.17) is 4.74 Å². The number of methoxy groups -OCH3 is 1. The first-order valence-electron chi connectivity index (χ1n) is 6.33. The SMILES string of the molecule is COCCN(C)CCN[C@H]1CCCC[C@@H]1O. The third kappa shape index (κ3) is 5.25. The molecule has 0 aliphatic heterocycles. The van der Waals surface area contributed by atoms with Crippen LogP contribution in [0.1, 0.15) is 25.7 Å². The van der Waals surface area contributed by atoms with Crippen LogP contribution < -0.4 is 5.32 Å². The lowest BCUT2D eigenvalue weighted by molar-refractivity contribution is 0.0889. The highest BCUT2D eigenvalue weighted by Crippen LogP contribution is 2.17. The molecular weight excluding hydrogens is 204 g/mol. The van der Waals surface area contributed by atoms with Gasteiger partial charge in [-0.05, 0) is 19.9 Å². The summed E-state index contributed by atoms with van der Waals surface area (Å²) in [6, 6.07) is 0.310. The molecule has 0 aromatic heterocycles. The summed E-state index contributed by atoms with van der Waals surface area (Å²) in [5, 5.41) is 13.2. The summed E-state index contributed by atoms with van der Waals surface area (Å²) in [6.45, 7) is 3.70. The second-order valence-electron chi connectivity index (χ2n) is 4.71. The maximum absolute atomic E-state index is 9.78. The third-order valence-corrected chi connectivity index (χ3v) is 3.31. The minimum atomic E-state index is -0.141. The normalized spacial score (nSPS) is 26.2. The van der Waals surface area contributed by atoms with Gasteiger partial charge in [-0.3, -0.25) is 0 Å². The zero-order valence-electron chi connectivity index (χ0n) is 10.6. The van der Waals surface area contributed by atoms with Gasteiger partial charge in [-0.1, -0.05) is 12.8 Å². The van der Waals surface area contributed by atoms with Crippen LogP contribution in [0.4, 0.5) is 0 Å². The summed E-state index contributed by atoms with van der Waals surface area (Å²) in [5.74, 6) is 0. The standard InChI is InChI=1S/C12H26N2O2/c1-14(9-10-16-2)8-7-13-11-5-3-4-6-12(11)15/h11-13,15H,3-10H2,1-2H3/t11-,12-/m0/s1. The van der Waals surface area contributed by atoms with Crippen LogP contribution in [0.25, 0.3) is 0 Å². The van der Waals surface area contributed by atoms with Crippen LogP contribution in [-0.2, 0) is 4.74 Å². The number of likely N-dealkylation sites (N-methyl/N-ethyl adjacent to an activating group) is 1. The molecule has 1 fully saturated rings. The maximum Gasteiger partial charge on any atom is 0.0693 e. The maximum atomic E-state index is 9.78. The van der Waals surface area contributed by atoms with Crippen molar-refractivity contribution in [2.75, 3.05) is 40.4 Å². The average Bonchev–Trinajstić information content (AvgIpc) is 2.29. The van der Waals surface area contributed by atoms with Crippen molar-refractivity contribution in [1.29, 1.82) is 0 Å². The van der Waals surface area contributed by atoms with E-state index in [0.29, 0.717) is 6.04 Å². The summed E-state index contributed by atoms with van der Waals surface area (Å²) in [5.41, 5.74) is 0. The van der Waals surface area contributed by atoms with Crippen LogP contribution in [0.5, 0.6) is 0 Å². The van der Waals surface area contributed by atoms with Crippen molar-refractivity contribution < 1.29 is 9.84 Å². The van der Waals surface area contributed by atoms with Crippen LogP contribution in [0.2, 0.25) is 0 Å². The van der Waals surface area contributed by atoms with Crippen LogP contribution in [0.3, 0.4) is 0 Å². The molecule has 0 amide bonds. The third-order valence-electron chi connectivity index (χ3n) is 3.31. The average molecular weight is 230 g/mol. The van der Waals surface area contributed by atoms with E-state index < -0.39 is 0 Å². The molecule has 0 unspecified atom stereocenters. The zero-order chi connectivity index (χ0) is 11.8. The molecule has 1 rings (SSSR count). The van der Waals surface area contributed by atoms with Crippen molar-refractivity contribution in [3.63, 3.8) is 0 Å². The van der Waals surface area contributed by atoms with Crippen LogP contribution in [-0.4, -0.2) is 62.6 Å². The highest BCUT2D eigenvalue weighted by atomic mass is 16.5. The molecule has 0 heterocycles. The van der Waals surface area contributed by atoms with Gasteiger partial charge in [0.2, 0.25) is 0 Å². The van der Waals surface area contributed by atoms with Gasteiger partial charge in [0.1, 0.15) is 0 Å². The number of hydrogen-bond acceptors (Lipinski definition) is 4. The van der Waals surface area contributed by atoms with Gasteiger partial charge in [0.05, 0.1) is 12.7 Å². The molecule has 1 aliphatic rings. The summed E-state index contributed by atoms with van der Waals surface area (Å²) >= 11 is 0. The Kier molecular flexibility index (Phi) is 6.96. The van der Waals surface area contributed by atoms with E-state index >= 15 is 0 Å². The minimum absolute atomic E-state index is 0.141. The molecule has 16 heavy (non-hydrogen) atoms. The van der Waals surface area contributed by atoms with Gasteiger partial charge in [-0.25, -0.2) is 0 Å².